The minimum Gasteiger partial charge on any atom is -0.354 e. The summed E-state index contributed by atoms with van der Waals surface area (Å²) < 4.78 is 40.5. The van der Waals surface area contributed by atoms with Gasteiger partial charge in [-0.15, -0.1) is 0 Å². The van der Waals surface area contributed by atoms with Crippen LogP contribution >= 0.6 is 23.2 Å². The van der Waals surface area contributed by atoms with E-state index in [1.54, 1.807) is 24.3 Å². The Hall–Kier alpha value is -2.26. The Morgan fingerprint density at radius 3 is 2.33 bits per heavy atom. The van der Waals surface area contributed by atoms with Crippen LogP contribution in [0.5, 0.6) is 0 Å². The van der Waals surface area contributed by atoms with Crippen molar-refractivity contribution in [3.63, 3.8) is 0 Å². The lowest BCUT2D eigenvalue weighted by atomic mass is 10.1. The molecule has 4 rings (SSSR count). The summed E-state index contributed by atoms with van der Waals surface area (Å²) in [5.41, 5.74) is 1.44. The van der Waals surface area contributed by atoms with Gasteiger partial charge in [-0.1, -0.05) is 29.3 Å². The summed E-state index contributed by atoms with van der Waals surface area (Å²) in [7, 11) is -3.75. The number of benzene rings is 2. The zero-order valence-electron chi connectivity index (χ0n) is 15.7. The summed E-state index contributed by atoms with van der Waals surface area (Å²) >= 11 is 12.1. The Kier molecular flexibility index (Phi) is 5.92. The fourth-order valence-electron chi connectivity index (χ4n) is 3.28. The minimum absolute atomic E-state index is 0.00532. The van der Waals surface area contributed by atoms with Crippen LogP contribution in [0, 0.1) is 5.82 Å². The monoisotopic (exact) mass is 466 g/mol. The molecule has 0 atom stereocenters. The lowest BCUT2D eigenvalue weighted by Gasteiger charge is -2.34. The molecule has 1 fully saturated rings. The summed E-state index contributed by atoms with van der Waals surface area (Å²) in [5, 5.41) is 0.229. The molecule has 3 aromatic rings. The third kappa shape index (κ3) is 4.13. The predicted octanol–water partition coefficient (Wildman–Crippen LogP) is 4.10. The van der Waals surface area contributed by atoms with Gasteiger partial charge in [-0.2, -0.15) is 4.31 Å². The molecule has 0 N–H and O–H groups in total. The van der Waals surface area contributed by atoms with Crippen molar-refractivity contribution in [1.29, 1.82) is 0 Å². The van der Waals surface area contributed by atoms with Crippen molar-refractivity contribution in [3.05, 3.63) is 70.7 Å². The summed E-state index contributed by atoms with van der Waals surface area (Å²) in [5.74, 6) is 0.368. The van der Waals surface area contributed by atoms with Crippen LogP contribution in [0.25, 0.3) is 11.3 Å². The van der Waals surface area contributed by atoms with Crippen LogP contribution in [-0.4, -0.2) is 48.9 Å². The maximum atomic E-state index is 13.2. The van der Waals surface area contributed by atoms with Crippen LogP contribution in [-0.2, 0) is 10.0 Å². The van der Waals surface area contributed by atoms with Gasteiger partial charge in [0.15, 0.2) is 0 Å². The van der Waals surface area contributed by atoms with E-state index < -0.39 is 10.0 Å². The lowest BCUT2D eigenvalue weighted by molar-refractivity contribution is 0.384. The standard InChI is InChI=1S/C20H17Cl2FN4O2S/c21-16-2-1-3-18(20(16)22)30(28,29)27-10-8-26(9-11-27)19-12-17(24-13-25-19)14-4-6-15(23)7-5-14/h1-7,12-13H,8-11H2. The second kappa shape index (κ2) is 8.47. The fraction of sp³-hybridized carbons (Fsp3) is 0.200. The quantitative estimate of drug-likeness (QED) is 0.578. The van der Waals surface area contributed by atoms with Gasteiger partial charge in [-0.25, -0.2) is 22.8 Å². The van der Waals surface area contributed by atoms with Gasteiger partial charge in [-0.3, -0.25) is 0 Å². The Bertz CT molecular complexity index is 1170. The summed E-state index contributed by atoms with van der Waals surface area (Å²) in [4.78, 5) is 10.6. The van der Waals surface area contributed by atoms with Gasteiger partial charge in [-0.05, 0) is 36.4 Å². The molecule has 1 aliphatic rings. The molecule has 1 saturated heterocycles. The summed E-state index contributed by atoms with van der Waals surface area (Å²) in [6.07, 6.45) is 1.45. The Morgan fingerprint density at radius 1 is 0.933 bits per heavy atom. The first-order chi connectivity index (χ1) is 14.4. The number of nitrogens with zero attached hydrogens (tertiary/aromatic N) is 4. The Labute approximate surface area is 183 Å². The Morgan fingerprint density at radius 2 is 1.63 bits per heavy atom. The molecule has 6 nitrogen and oxygen atoms in total. The summed E-state index contributed by atoms with van der Waals surface area (Å²) in [6.45, 7) is 1.47. The first kappa shape index (κ1) is 21.0. The van der Waals surface area contributed by atoms with E-state index in [1.807, 2.05) is 11.0 Å². The third-order valence-electron chi connectivity index (χ3n) is 4.89. The van der Waals surface area contributed by atoms with Gasteiger partial charge < -0.3 is 4.90 Å². The molecular formula is C20H17Cl2FN4O2S. The molecule has 0 saturated carbocycles. The molecule has 0 amide bonds. The number of rotatable bonds is 4. The highest BCUT2D eigenvalue weighted by Gasteiger charge is 2.31. The van der Waals surface area contributed by atoms with Gasteiger partial charge in [0.25, 0.3) is 0 Å². The van der Waals surface area contributed by atoms with E-state index >= 15 is 0 Å². The molecule has 1 aromatic heterocycles. The van der Waals surface area contributed by atoms with Crippen LogP contribution in [0.4, 0.5) is 10.2 Å². The number of piperazine rings is 1. The van der Waals surface area contributed by atoms with Crippen molar-refractivity contribution in [2.24, 2.45) is 0 Å². The van der Waals surface area contributed by atoms with E-state index in [1.165, 1.54) is 28.8 Å². The maximum Gasteiger partial charge on any atom is 0.244 e. The van der Waals surface area contributed by atoms with Crippen LogP contribution in [0.1, 0.15) is 0 Å². The fourth-order valence-corrected chi connectivity index (χ4v) is 5.44. The molecule has 0 aliphatic carbocycles. The van der Waals surface area contributed by atoms with Crippen molar-refractivity contribution in [2.45, 2.75) is 4.90 Å². The average Bonchev–Trinajstić information content (AvgIpc) is 2.76. The highest BCUT2D eigenvalue weighted by Crippen LogP contribution is 2.31. The zero-order chi connectivity index (χ0) is 21.3. The van der Waals surface area contributed by atoms with Crippen molar-refractivity contribution in [2.75, 3.05) is 31.1 Å². The topological polar surface area (TPSA) is 66.4 Å². The third-order valence-corrected chi connectivity index (χ3v) is 7.76. The van der Waals surface area contributed by atoms with Gasteiger partial charge >= 0.3 is 0 Å². The van der Waals surface area contributed by atoms with E-state index in [4.69, 9.17) is 23.2 Å². The number of aromatic nitrogens is 2. The molecule has 30 heavy (non-hydrogen) atoms. The van der Waals surface area contributed by atoms with Crippen molar-refractivity contribution >= 4 is 39.0 Å². The molecule has 0 spiro atoms. The smallest absolute Gasteiger partial charge is 0.244 e. The normalized spacial score (nSPS) is 15.4. The average molecular weight is 467 g/mol. The number of hydrogen-bond acceptors (Lipinski definition) is 5. The van der Waals surface area contributed by atoms with Crippen molar-refractivity contribution < 1.29 is 12.8 Å². The molecule has 0 bridgehead atoms. The molecule has 0 unspecified atom stereocenters. The van der Waals surface area contributed by atoms with Gasteiger partial charge in [0.1, 0.15) is 22.9 Å². The molecule has 2 heterocycles. The first-order valence-electron chi connectivity index (χ1n) is 9.13. The molecule has 2 aromatic carbocycles. The van der Waals surface area contributed by atoms with Crippen molar-refractivity contribution in [3.8, 4) is 11.3 Å². The van der Waals surface area contributed by atoms with Crippen LogP contribution in [0.15, 0.2) is 59.8 Å². The lowest BCUT2D eigenvalue weighted by Crippen LogP contribution is -2.49. The molecular weight excluding hydrogens is 450 g/mol. The van der Waals surface area contributed by atoms with Gasteiger partial charge in [0, 0.05) is 37.8 Å². The van der Waals surface area contributed by atoms with Crippen LogP contribution in [0.3, 0.4) is 0 Å². The van der Waals surface area contributed by atoms with E-state index in [-0.39, 0.29) is 33.8 Å². The minimum atomic E-state index is -3.75. The zero-order valence-corrected chi connectivity index (χ0v) is 18.0. The molecule has 0 radical (unpaired) electrons. The van der Waals surface area contributed by atoms with E-state index in [0.717, 1.165) is 5.56 Å². The van der Waals surface area contributed by atoms with Crippen LogP contribution in [0.2, 0.25) is 10.0 Å². The summed E-state index contributed by atoms with van der Waals surface area (Å²) in [6, 6.07) is 12.4. The molecule has 10 heteroatoms. The van der Waals surface area contributed by atoms with Gasteiger partial charge in [0.05, 0.1) is 15.7 Å². The van der Waals surface area contributed by atoms with E-state index in [2.05, 4.69) is 9.97 Å². The Balaban J connectivity index is 1.50. The number of anilines is 1. The molecule has 156 valence electrons. The highest BCUT2D eigenvalue weighted by molar-refractivity contribution is 7.89. The second-order valence-corrected chi connectivity index (χ2v) is 9.40. The number of sulfonamides is 1. The van der Waals surface area contributed by atoms with Crippen molar-refractivity contribution in [1.82, 2.24) is 14.3 Å². The predicted molar refractivity (Wildman–Crippen MR) is 115 cm³/mol. The second-order valence-electron chi connectivity index (χ2n) is 6.71. The first-order valence-corrected chi connectivity index (χ1v) is 11.3. The maximum absolute atomic E-state index is 13.2. The largest absolute Gasteiger partial charge is 0.354 e. The van der Waals surface area contributed by atoms with E-state index in [9.17, 15) is 12.8 Å². The van der Waals surface area contributed by atoms with Gasteiger partial charge in [0.2, 0.25) is 10.0 Å². The highest BCUT2D eigenvalue weighted by atomic mass is 35.5. The van der Waals surface area contributed by atoms with Crippen LogP contribution < -0.4 is 4.90 Å². The SMILES string of the molecule is O=S(=O)(c1cccc(Cl)c1Cl)N1CCN(c2cc(-c3ccc(F)cc3)ncn2)CC1. The molecule has 1 aliphatic heterocycles. The number of hydrogen-bond donors (Lipinski definition) is 0. The number of halogens is 3. The van der Waals surface area contributed by atoms with E-state index in [0.29, 0.717) is 24.6 Å².